The highest BCUT2D eigenvalue weighted by atomic mass is 79.9. The molecule has 3 heteroatoms. The van der Waals surface area contributed by atoms with Gasteiger partial charge in [0.2, 0.25) is 0 Å². The third kappa shape index (κ3) is 1.50. The second-order valence-electron chi connectivity index (χ2n) is 2.68. The van der Waals surface area contributed by atoms with Crippen molar-refractivity contribution in [2.45, 2.75) is 6.42 Å². The zero-order chi connectivity index (χ0) is 8.39. The number of nitrogens with zero attached hydrogens (tertiary/aromatic N) is 2. The van der Waals surface area contributed by atoms with E-state index in [0.717, 1.165) is 23.3 Å². The average molecular weight is 225 g/mol. The van der Waals surface area contributed by atoms with Crippen molar-refractivity contribution in [2.24, 2.45) is 5.10 Å². The van der Waals surface area contributed by atoms with Crippen LogP contribution in [-0.2, 0) is 0 Å². The Morgan fingerprint density at radius 3 is 2.58 bits per heavy atom. The number of para-hydroxylation sites is 1. The molecule has 1 aromatic carbocycles. The van der Waals surface area contributed by atoms with E-state index in [-0.39, 0.29) is 0 Å². The van der Waals surface area contributed by atoms with E-state index in [9.17, 15) is 0 Å². The normalized spacial score (nSPS) is 16.4. The predicted molar refractivity (Wildman–Crippen MR) is 54.8 cm³/mol. The van der Waals surface area contributed by atoms with Crippen molar-refractivity contribution in [3.8, 4) is 0 Å². The van der Waals surface area contributed by atoms with Crippen molar-refractivity contribution < 1.29 is 0 Å². The van der Waals surface area contributed by atoms with Crippen LogP contribution >= 0.6 is 15.9 Å². The molecule has 1 aliphatic heterocycles. The van der Waals surface area contributed by atoms with Crippen molar-refractivity contribution >= 4 is 26.2 Å². The van der Waals surface area contributed by atoms with Crippen LogP contribution in [0, 0.1) is 0 Å². The minimum Gasteiger partial charge on any atom is -0.264 e. The van der Waals surface area contributed by atoms with Gasteiger partial charge in [0.25, 0.3) is 0 Å². The summed E-state index contributed by atoms with van der Waals surface area (Å²) < 4.78 is 1.03. The van der Waals surface area contributed by atoms with Gasteiger partial charge in [0.05, 0.1) is 5.69 Å². The molecule has 0 atom stereocenters. The Bertz CT molecular complexity index is 295. The van der Waals surface area contributed by atoms with Gasteiger partial charge in [-0.05, 0) is 28.1 Å². The summed E-state index contributed by atoms with van der Waals surface area (Å²) in [5.74, 6) is 0. The number of anilines is 1. The largest absolute Gasteiger partial charge is 0.264 e. The number of rotatable bonds is 1. The standard InChI is InChI=1S/C9H9BrN2/c10-9-6-7-12(11-9)8-4-2-1-3-5-8/h1-5H,6-7H2. The van der Waals surface area contributed by atoms with E-state index in [1.807, 2.05) is 23.2 Å². The van der Waals surface area contributed by atoms with Gasteiger partial charge in [-0.2, -0.15) is 5.10 Å². The van der Waals surface area contributed by atoms with Crippen molar-refractivity contribution in [1.29, 1.82) is 0 Å². The highest BCUT2D eigenvalue weighted by molar-refractivity contribution is 9.18. The molecular formula is C9H9BrN2. The Balaban J connectivity index is 2.22. The van der Waals surface area contributed by atoms with Crippen LogP contribution in [0.2, 0.25) is 0 Å². The topological polar surface area (TPSA) is 15.6 Å². The Kier molecular flexibility index (Phi) is 2.13. The maximum Gasteiger partial charge on any atom is 0.105 e. The number of hydrogen-bond acceptors (Lipinski definition) is 2. The Labute approximate surface area is 80.0 Å². The molecule has 0 N–H and O–H groups in total. The van der Waals surface area contributed by atoms with E-state index in [2.05, 4.69) is 33.2 Å². The minimum atomic E-state index is 0.977. The van der Waals surface area contributed by atoms with Crippen LogP contribution in [0.3, 0.4) is 0 Å². The second-order valence-corrected chi connectivity index (χ2v) is 3.60. The lowest BCUT2D eigenvalue weighted by molar-refractivity contribution is 0.922. The van der Waals surface area contributed by atoms with Crippen LogP contribution in [0.5, 0.6) is 0 Å². The van der Waals surface area contributed by atoms with Gasteiger partial charge >= 0.3 is 0 Å². The smallest absolute Gasteiger partial charge is 0.105 e. The summed E-state index contributed by atoms with van der Waals surface area (Å²) in [5, 5.41) is 6.33. The van der Waals surface area contributed by atoms with E-state index in [4.69, 9.17) is 0 Å². The van der Waals surface area contributed by atoms with E-state index >= 15 is 0 Å². The lowest BCUT2D eigenvalue weighted by Crippen LogP contribution is -2.11. The summed E-state index contributed by atoms with van der Waals surface area (Å²) in [7, 11) is 0. The molecular weight excluding hydrogens is 216 g/mol. The molecule has 0 radical (unpaired) electrons. The van der Waals surface area contributed by atoms with Crippen molar-refractivity contribution in [3.05, 3.63) is 30.3 Å². The maximum atomic E-state index is 4.33. The first kappa shape index (κ1) is 7.80. The fraction of sp³-hybridized carbons (Fsp3) is 0.222. The first-order valence-electron chi connectivity index (χ1n) is 3.92. The van der Waals surface area contributed by atoms with Crippen LogP contribution in [-0.4, -0.2) is 11.2 Å². The van der Waals surface area contributed by atoms with Gasteiger partial charge in [-0.1, -0.05) is 18.2 Å². The van der Waals surface area contributed by atoms with E-state index in [0.29, 0.717) is 0 Å². The van der Waals surface area contributed by atoms with Gasteiger partial charge in [-0.3, -0.25) is 5.01 Å². The van der Waals surface area contributed by atoms with Crippen molar-refractivity contribution in [2.75, 3.05) is 11.6 Å². The molecule has 0 bridgehead atoms. The SMILES string of the molecule is BrC1=NN(c2ccccc2)CC1. The molecule has 62 valence electrons. The number of halogens is 1. The Hall–Kier alpha value is -0.830. The van der Waals surface area contributed by atoms with Crippen molar-refractivity contribution in [1.82, 2.24) is 0 Å². The molecule has 2 nitrogen and oxygen atoms in total. The molecule has 0 spiro atoms. The molecule has 0 fully saturated rings. The average Bonchev–Trinajstić information content (AvgIpc) is 2.54. The first-order valence-corrected chi connectivity index (χ1v) is 4.71. The van der Waals surface area contributed by atoms with Gasteiger partial charge in [-0.15, -0.1) is 0 Å². The Morgan fingerprint density at radius 2 is 2.00 bits per heavy atom. The van der Waals surface area contributed by atoms with E-state index < -0.39 is 0 Å². The summed E-state index contributed by atoms with van der Waals surface area (Å²) in [5.41, 5.74) is 1.16. The molecule has 1 aliphatic rings. The summed E-state index contributed by atoms with van der Waals surface area (Å²) in [6, 6.07) is 10.2. The monoisotopic (exact) mass is 224 g/mol. The van der Waals surface area contributed by atoms with Crippen LogP contribution in [0.4, 0.5) is 5.69 Å². The van der Waals surface area contributed by atoms with Gasteiger partial charge in [0.15, 0.2) is 0 Å². The van der Waals surface area contributed by atoms with Crippen LogP contribution in [0.15, 0.2) is 35.4 Å². The maximum absolute atomic E-state index is 4.33. The molecule has 2 rings (SSSR count). The molecule has 0 aliphatic carbocycles. The second kappa shape index (κ2) is 3.27. The number of hydrazone groups is 1. The molecule has 1 heterocycles. The number of hydrogen-bond donors (Lipinski definition) is 0. The molecule has 0 saturated carbocycles. The Morgan fingerprint density at radius 1 is 1.25 bits per heavy atom. The molecule has 0 amide bonds. The molecule has 0 saturated heterocycles. The minimum absolute atomic E-state index is 0.977. The van der Waals surface area contributed by atoms with Crippen LogP contribution in [0.1, 0.15) is 6.42 Å². The van der Waals surface area contributed by atoms with Crippen LogP contribution in [0.25, 0.3) is 0 Å². The highest BCUT2D eigenvalue weighted by Crippen LogP contribution is 2.19. The van der Waals surface area contributed by atoms with Gasteiger partial charge < -0.3 is 0 Å². The highest BCUT2D eigenvalue weighted by Gasteiger charge is 2.12. The van der Waals surface area contributed by atoms with Gasteiger partial charge in [0, 0.05) is 13.0 Å². The summed E-state index contributed by atoms with van der Waals surface area (Å²) in [4.78, 5) is 0. The lowest BCUT2D eigenvalue weighted by atomic mass is 10.3. The van der Waals surface area contributed by atoms with Crippen molar-refractivity contribution in [3.63, 3.8) is 0 Å². The number of benzene rings is 1. The van der Waals surface area contributed by atoms with Gasteiger partial charge in [0.1, 0.15) is 4.62 Å². The first-order chi connectivity index (χ1) is 5.86. The fourth-order valence-corrected chi connectivity index (χ4v) is 1.58. The predicted octanol–water partition coefficient (Wildman–Crippen LogP) is 2.61. The molecule has 0 aromatic heterocycles. The molecule has 0 unspecified atom stereocenters. The third-order valence-electron chi connectivity index (χ3n) is 1.81. The molecule has 1 aromatic rings. The zero-order valence-electron chi connectivity index (χ0n) is 6.57. The third-order valence-corrected chi connectivity index (χ3v) is 2.37. The van der Waals surface area contributed by atoms with E-state index in [1.54, 1.807) is 0 Å². The zero-order valence-corrected chi connectivity index (χ0v) is 8.16. The quantitative estimate of drug-likeness (QED) is 0.717. The summed E-state index contributed by atoms with van der Waals surface area (Å²) in [6.45, 7) is 0.977. The lowest BCUT2D eigenvalue weighted by Gasteiger charge is -2.12. The van der Waals surface area contributed by atoms with Crippen LogP contribution < -0.4 is 5.01 Å². The van der Waals surface area contributed by atoms with Gasteiger partial charge in [-0.25, -0.2) is 0 Å². The summed E-state index contributed by atoms with van der Waals surface area (Å²) >= 11 is 3.38. The summed E-state index contributed by atoms with van der Waals surface area (Å²) in [6.07, 6.45) is 1.01. The molecule has 12 heavy (non-hydrogen) atoms. The fourth-order valence-electron chi connectivity index (χ4n) is 1.22. The van der Waals surface area contributed by atoms with E-state index in [1.165, 1.54) is 0 Å².